The van der Waals surface area contributed by atoms with E-state index in [0.29, 0.717) is 19.0 Å². The third-order valence-electron chi connectivity index (χ3n) is 8.92. The summed E-state index contributed by atoms with van der Waals surface area (Å²) in [4.78, 5) is 67.9. The van der Waals surface area contributed by atoms with Gasteiger partial charge in [-0.1, -0.05) is 0 Å². The minimum Gasteiger partial charge on any atom is -0.393 e. The number of imide groups is 2. The molecule has 6 rings (SSSR count). The third-order valence-corrected chi connectivity index (χ3v) is 8.92. The number of piperidine rings is 2. The second-order valence-corrected chi connectivity index (χ2v) is 11.5. The first-order valence-corrected chi connectivity index (χ1v) is 14.4. The van der Waals surface area contributed by atoms with Crippen molar-refractivity contribution >= 4 is 46.4 Å². The number of nitro groups is 1. The third kappa shape index (κ3) is 5.38. The second-order valence-electron chi connectivity index (χ2n) is 11.5. The van der Waals surface area contributed by atoms with Crippen molar-refractivity contribution < 1.29 is 28.5 Å². The number of halogens is 1. The van der Waals surface area contributed by atoms with E-state index in [4.69, 9.17) is 5.73 Å². The van der Waals surface area contributed by atoms with Crippen molar-refractivity contribution in [2.45, 2.75) is 31.7 Å². The summed E-state index contributed by atoms with van der Waals surface area (Å²) in [7, 11) is 0. The quantitative estimate of drug-likeness (QED) is 0.218. The Morgan fingerprint density at radius 1 is 0.907 bits per heavy atom. The summed E-state index contributed by atoms with van der Waals surface area (Å²) in [6, 6.07) is 6.23. The summed E-state index contributed by atoms with van der Waals surface area (Å²) < 4.78 is 15.3. The number of hydrogen-bond donors (Lipinski definition) is 2. The van der Waals surface area contributed by atoms with Gasteiger partial charge in [-0.3, -0.25) is 44.4 Å². The average Bonchev–Trinajstić information content (AvgIpc) is 3.21. The van der Waals surface area contributed by atoms with E-state index in [0.717, 1.165) is 62.2 Å². The molecule has 4 heterocycles. The predicted molar refractivity (Wildman–Crippen MR) is 154 cm³/mol. The zero-order valence-corrected chi connectivity index (χ0v) is 23.5. The van der Waals surface area contributed by atoms with Gasteiger partial charge in [-0.2, -0.15) is 0 Å². The normalized spacial score (nSPS) is 21.8. The minimum absolute atomic E-state index is 0.0168. The van der Waals surface area contributed by atoms with Crippen LogP contribution in [-0.4, -0.2) is 90.2 Å². The van der Waals surface area contributed by atoms with Crippen LogP contribution in [0.4, 0.5) is 27.1 Å². The zero-order chi connectivity index (χ0) is 30.4. The second kappa shape index (κ2) is 11.2. The molecular weight excluding hydrogens is 561 g/mol. The summed E-state index contributed by atoms with van der Waals surface area (Å²) >= 11 is 0. The lowest BCUT2D eigenvalue weighted by atomic mass is 9.95. The van der Waals surface area contributed by atoms with Gasteiger partial charge in [0.25, 0.3) is 17.5 Å². The van der Waals surface area contributed by atoms with Gasteiger partial charge < -0.3 is 15.5 Å². The van der Waals surface area contributed by atoms with Crippen molar-refractivity contribution in [3.63, 3.8) is 0 Å². The molecule has 3 N–H and O–H groups in total. The van der Waals surface area contributed by atoms with Gasteiger partial charge >= 0.3 is 0 Å². The van der Waals surface area contributed by atoms with Crippen molar-refractivity contribution in [3.05, 3.63) is 57.4 Å². The van der Waals surface area contributed by atoms with Crippen molar-refractivity contribution in [2.75, 3.05) is 61.3 Å². The highest BCUT2D eigenvalue weighted by atomic mass is 19.1. The molecule has 3 fully saturated rings. The Bertz CT molecular complexity index is 1520. The van der Waals surface area contributed by atoms with Crippen LogP contribution in [0, 0.1) is 21.8 Å². The summed E-state index contributed by atoms with van der Waals surface area (Å²) in [6.45, 7) is 5.35. The Morgan fingerprint density at radius 2 is 1.58 bits per heavy atom. The van der Waals surface area contributed by atoms with Crippen LogP contribution in [0.15, 0.2) is 30.3 Å². The molecule has 0 bridgehead atoms. The molecule has 0 radical (unpaired) electrons. The van der Waals surface area contributed by atoms with E-state index in [1.807, 2.05) is 4.90 Å². The number of hydrogen-bond acceptors (Lipinski definition) is 10. The fourth-order valence-corrected chi connectivity index (χ4v) is 6.54. The molecule has 13 nitrogen and oxygen atoms in total. The number of nitrogen functional groups attached to an aromatic ring is 1. The molecule has 3 saturated heterocycles. The Kier molecular flexibility index (Phi) is 7.46. The van der Waals surface area contributed by atoms with Crippen molar-refractivity contribution in [1.82, 2.24) is 15.1 Å². The number of nitro benzene ring substituents is 1. The molecule has 4 aliphatic heterocycles. The minimum atomic E-state index is -1.10. The molecule has 2 aromatic carbocycles. The number of piperazine rings is 1. The number of amides is 4. The monoisotopic (exact) mass is 593 g/mol. The molecule has 4 amide bonds. The van der Waals surface area contributed by atoms with Gasteiger partial charge in [-0.25, -0.2) is 4.39 Å². The van der Waals surface area contributed by atoms with Gasteiger partial charge in [0.15, 0.2) is 0 Å². The molecule has 2 aromatic rings. The Balaban J connectivity index is 1.04. The molecule has 4 aliphatic rings. The van der Waals surface area contributed by atoms with Crippen LogP contribution >= 0.6 is 0 Å². The lowest BCUT2D eigenvalue weighted by Gasteiger charge is -2.40. The Labute approximate surface area is 246 Å². The molecule has 43 heavy (non-hydrogen) atoms. The fourth-order valence-electron chi connectivity index (χ4n) is 6.54. The largest absolute Gasteiger partial charge is 0.393 e. The van der Waals surface area contributed by atoms with E-state index < -0.39 is 40.4 Å². The summed E-state index contributed by atoms with van der Waals surface area (Å²) in [5.41, 5.74) is 7.05. The highest BCUT2D eigenvalue weighted by molar-refractivity contribution is 6.23. The predicted octanol–water partition coefficient (Wildman–Crippen LogP) is 1.76. The first-order valence-electron chi connectivity index (χ1n) is 14.4. The maximum absolute atomic E-state index is 15.3. The van der Waals surface area contributed by atoms with E-state index in [1.165, 1.54) is 12.1 Å². The number of carbonyl (C=O) groups is 4. The number of nitrogens with zero attached hydrogens (tertiary/aromatic N) is 5. The van der Waals surface area contributed by atoms with Gasteiger partial charge in [0.05, 0.1) is 21.7 Å². The molecule has 14 heteroatoms. The van der Waals surface area contributed by atoms with Crippen LogP contribution in [0.1, 0.15) is 46.4 Å². The number of anilines is 3. The highest BCUT2D eigenvalue weighted by Gasteiger charge is 2.45. The molecule has 1 unspecified atom stereocenters. The maximum Gasteiger partial charge on any atom is 0.292 e. The van der Waals surface area contributed by atoms with Crippen LogP contribution in [0.25, 0.3) is 0 Å². The number of carbonyl (C=O) groups excluding carboxylic acids is 4. The van der Waals surface area contributed by atoms with Gasteiger partial charge in [0.2, 0.25) is 11.8 Å². The van der Waals surface area contributed by atoms with Crippen LogP contribution < -0.4 is 20.9 Å². The number of nitrogens with one attached hydrogen (secondary N) is 1. The number of fused-ring (bicyclic) bond motifs is 1. The first kappa shape index (κ1) is 28.5. The van der Waals surface area contributed by atoms with E-state index in [1.54, 1.807) is 12.1 Å². The van der Waals surface area contributed by atoms with Gasteiger partial charge in [0.1, 0.15) is 17.5 Å². The van der Waals surface area contributed by atoms with Crippen LogP contribution in [-0.2, 0) is 9.59 Å². The van der Waals surface area contributed by atoms with E-state index >= 15 is 4.39 Å². The molecular formula is C29H32FN7O6. The lowest BCUT2D eigenvalue weighted by Crippen LogP contribution is -2.54. The summed E-state index contributed by atoms with van der Waals surface area (Å²) in [5.74, 6) is -2.71. The number of rotatable bonds is 6. The first-order chi connectivity index (χ1) is 20.6. The standard InChI is InChI=1S/C29H32FN7O6/c30-21-14-19-20(29(41)36(28(19)40)24-3-4-26(38)32-27(24)39)15-25(21)35-7-5-17(6-8-35)16-33-9-11-34(12-10-33)18-1-2-23(37(42)43)22(31)13-18/h1-2,13-15,17,24H,3-12,16,31H2,(H,32,38,39). The van der Waals surface area contributed by atoms with E-state index in [2.05, 4.69) is 15.1 Å². The van der Waals surface area contributed by atoms with E-state index in [9.17, 15) is 29.3 Å². The van der Waals surface area contributed by atoms with Crippen LogP contribution in [0.2, 0.25) is 0 Å². The van der Waals surface area contributed by atoms with Gasteiger partial charge in [0, 0.05) is 64.0 Å². The van der Waals surface area contributed by atoms with Crippen LogP contribution in [0.3, 0.4) is 0 Å². The van der Waals surface area contributed by atoms with Crippen molar-refractivity contribution in [3.8, 4) is 0 Å². The maximum atomic E-state index is 15.3. The zero-order valence-electron chi connectivity index (χ0n) is 23.5. The fraction of sp³-hybridized carbons (Fsp3) is 0.448. The smallest absolute Gasteiger partial charge is 0.292 e. The van der Waals surface area contributed by atoms with Gasteiger partial charge in [-0.15, -0.1) is 0 Å². The SMILES string of the molecule is Nc1cc(N2CCN(CC3CCN(c4cc5c(cc4F)C(=O)N(C4CCC(=O)NC4=O)C5=O)CC3)CC2)ccc1[N+](=O)[O-]. The molecule has 0 aliphatic carbocycles. The van der Waals surface area contributed by atoms with Crippen molar-refractivity contribution in [2.24, 2.45) is 5.92 Å². The van der Waals surface area contributed by atoms with Crippen molar-refractivity contribution in [1.29, 1.82) is 0 Å². The topological polar surface area (TPSA) is 162 Å². The van der Waals surface area contributed by atoms with E-state index in [-0.39, 0.29) is 41.0 Å². The highest BCUT2D eigenvalue weighted by Crippen LogP contribution is 2.34. The van der Waals surface area contributed by atoms with Gasteiger partial charge in [-0.05, 0) is 49.4 Å². The Morgan fingerprint density at radius 3 is 2.21 bits per heavy atom. The Hall–Kier alpha value is -4.59. The summed E-state index contributed by atoms with van der Waals surface area (Å²) in [6.07, 6.45) is 1.73. The lowest BCUT2D eigenvalue weighted by molar-refractivity contribution is -0.383. The summed E-state index contributed by atoms with van der Waals surface area (Å²) in [5, 5.41) is 13.2. The van der Waals surface area contributed by atoms with Crippen LogP contribution in [0.5, 0.6) is 0 Å². The molecule has 0 aromatic heterocycles. The number of nitrogens with two attached hydrogens (primary N) is 1. The molecule has 1 atom stereocenters. The molecule has 226 valence electrons. The molecule has 0 saturated carbocycles. The molecule has 0 spiro atoms. The average molecular weight is 594 g/mol. The number of benzene rings is 2.